The molecule has 6 nitrogen and oxygen atoms in total. The van der Waals surface area contributed by atoms with Crippen LogP contribution < -0.4 is 15.4 Å². The molecule has 146 valence electrons. The number of aryl methyl sites for hydroxylation is 1. The zero-order valence-electron chi connectivity index (χ0n) is 16.6. The highest BCUT2D eigenvalue weighted by atomic mass is 16.5. The van der Waals surface area contributed by atoms with Gasteiger partial charge < -0.3 is 20.3 Å². The quantitative estimate of drug-likeness (QED) is 0.586. The SMILES string of the molecule is Cc1cc(NCCN(C)C)nc(Nc2ccc(OCc3ccccc3)cc2)n1. The fourth-order valence-corrected chi connectivity index (χ4v) is 2.63. The highest BCUT2D eigenvalue weighted by molar-refractivity contribution is 5.56. The third-order valence-electron chi connectivity index (χ3n) is 4.08. The van der Waals surface area contributed by atoms with Gasteiger partial charge in [-0.15, -0.1) is 0 Å². The number of hydrogen-bond donors (Lipinski definition) is 2. The number of nitrogens with one attached hydrogen (secondary N) is 2. The lowest BCUT2D eigenvalue weighted by Gasteiger charge is -2.13. The van der Waals surface area contributed by atoms with Crippen molar-refractivity contribution >= 4 is 17.5 Å². The van der Waals surface area contributed by atoms with Gasteiger partial charge in [0.25, 0.3) is 0 Å². The number of rotatable bonds is 9. The fraction of sp³-hybridized carbons (Fsp3) is 0.273. The van der Waals surface area contributed by atoms with E-state index in [0.29, 0.717) is 12.6 Å². The molecule has 2 aromatic carbocycles. The predicted molar refractivity (Wildman–Crippen MR) is 114 cm³/mol. The van der Waals surface area contributed by atoms with Crippen molar-refractivity contribution in [3.05, 3.63) is 71.9 Å². The van der Waals surface area contributed by atoms with Gasteiger partial charge >= 0.3 is 0 Å². The first-order valence-electron chi connectivity index (χ1n) is 9.36. The van der Waals surface area contributed by atoms with Gasteiger partial charge in [-0.1, -0.05) is 30.3 Å². The molecule has 0 radical (unpaired) electrons. The van der Waals surface area contributed by atoms with Gasteiger partial charge in [0.2, 0.25) is 5.95 Å². The van der Waals surface area contributed by atoms with Gasteiger partial charge in [-0.2, -0.15) is 4.98 Å². The third kappa shape index (κ3) is 6.25. The Bertz CT molecular complexity index is 866. The zero-order chi connectivity index (χ0) is 19.8. The van der Waals surface area contributed by atoms with Gasteiger partial charge in [-0.05, 0) is 50.8 Å². The zero-order valence-corrected chi connectivity index (χ0v) is 16.6. The summed E-state index contributed by atoms with van der Waals surface area (Å²) in [4.78, 5) is 11.1. The van der Waals surface area contributed by atoms with Crippen LogP contribution in [0.1, 0.15) is 11.3 Å². The second kappa shape index (κ2) is 9.71. The first-order valence-corrected chi connectivity index (χ1v) is 9.36. The highest BCUT2D eigenvalue weighted by Gasteiger charge is 2.04. The standard InChI is InChI=1S/C22H27N5O/c1-17-15-21(23-13-14-27(2)3)26-22(24-17)25-19-9-11-20(12-10-19)28-16-18-7-5-4-6-8-18/h4-12,15H,13-14,16H2,1-3H3,(H2,23,24,25,26). The summed E-state index contributed by atoms with van der Waals surface area (Å²) < 4.78 is 5.83. The summed E-state index contributed by atoms with van der Waals surface area (Å²) in [5, 5.41) is 6.59. The summed E-state index contributed by atoms with van der Waals surface area (Å²) in [5.74, 6) is 2.22. The molecule has 0 aliphatic heterocycles. The van der Waals surface area contributed by atoms with Crippen LogP contribution in [0.3, 0.4) is 0 Å². The molecule has 1 aromatic heterocycles. The van der Waals surface area contributed by atoms with E-state index in [4.69, 9.17) is 4.74 Å². The van der Waals surface area contributed by atoms with E-state index in [2.05, 4.69) is 37.6 Å². The Morgan fingerprint density at radius 1 is 0.964 bits per heavy atom. The number of ether oxygens (including phenoxy) is 1. The van der Waals surface area contributed by atoms with Gasteiger partial charge in [-0.3, -0.25) is 0 Å². The Hall–Kier alpha value is -3.12. The van der Waals surface area contributed by atoms with Crippen molar-refractivity contribution in [3.8, 4) is 5.75 Å². The summed E-state index contributed by atoms with van der Waals surface area (Å²) in [6, 6.07) is 19.9. The Morgan fingerprint density at radius 2 is 1.71 bits per heavy atom. The summed E-state index contributed by atoms with van der Waals surface area (Å²) in [5.41, 5.74) is 2.97. The van der Waals surface area contributed by atoms with E-state index in [1.807, 2.05) is 69.6 Å². The largest absolute Gasteiger partial charge is 0.489 e. The molecule has 1 heterocycles. The predicted octanol–water partition coefficient (Wildman–Crippen LogP) is 4.08. The lowest BCUT2D eigenvalue weighted by molar-refractivity contribution is 0.306. The minimum atomic E-state index is 0.552. The lowest BCUT2D eigenvalue weighted by Crippen LogP contribution is -2.21. The lowest BCUT2D eigenvalue weighted by atomic mass is 10.2. The first kappa shape index (κ1) is 19.6. The van der Waals surface area contributed by atoms with Crippen LogP contribution in [-0.2, 0) is 6.61 Å². The molecule has 3 aromatic rings. The third-order valence-corrected chi connectivity index (χ3v) is 4.08. The summed E-state index contributed by atoms with van der Waals surface area (Å²) >= 11 is 0. The van der Waals surface area contributed by atoms with Crippen molar-refractivity contribution < 1.29 is 4.74 Å². The van der Waals surface area contributed by atoms with Crippen molar-refractivity contribution in [1.82, 2.24) is 14.9 Å². The second-order valence-corrected chi connectivity index (χ2v) is 6.87. The number of hydrogen-bond acceptors (Lipinski definition) is 6. The van der Waals surface area contributed by atoms with Crippen LogP contribution in [0.25, 0.3) is 0 Å². The number of nitrogens with zero attached hydrogens (tertiary/aromatic N) is 3. The van der Waals surface area contributed by atoms with Crippen LogP contribution in [0, 0.1) is 6.92 Å². The Balaban J connectivity index is 1.58. The maximum atomic E-state index is 5.83. The summed E-state index contributed by atoms with van der Waals surface area (Å²) in [7, 11) is 4.10. The molecule has 2 N–H and O–H groups in total. The maximum Gasteiger partial charge on any atom is 0.229 e. The minimum absolute atomic E-state index is 0.552. The van der Waals surface area contributed by atoms with Crippen LogP contribution >= 0.6 is 0 Å². The second-order valence-electron chi connectivity index (χ2n) is 6.87. The van der Waals surface area contributed by atoms with E-state index >= 15 is 0 Å². The molecule has 6 heteroatoms. The highest BCUT2D eigenvalue weighted by Crippen LogP contribution is 2.20. The van der Waals surface area contributed by atoms with Crippen molar-refractivity contribution in [2.24, 2.45) is 0 Å². The number of aromatic nitrogens is 2. The minimum Gasteiger partial charge on any atom is -0.489 e. The molecule has 0 unspecified atom stereocenters. The smallest absolute Gasteiger partial charge is 0.229 e. The monoisotopic (exact) mass is 377 g/mol. The molecule has 0 fully saturated rings. The van der Waals surface area contributed by atoms with Crippen LogP contribution in [0.4, 0.5) is 17.5 Å². The molecule has 0 amide bonds. The molecule has 0 aliphatic rings. The van der Waals surface area contributed by atoms with E-state index in [1.165, 1.54) is 0 Å². The molecule has 3 rings (SSSR count). The normalized spacial score (nSPS) is 10.7. The molecular weight excluding hydrogens is 350 g/mol. The summed E-state index contributed by atoms with van der Waals surface area (Å²) in [6.45, 7) is 4.29. The van der Waals surface area contributed by atoms with Crippen molar-refractivity contribution in [2.45, 2.75) is 13.5 Å². The maximum absolute atomic E-state index is 5.83. The van der Waals surface area contributed by atoms with Gasteiger partial charge in [0.05, 0.1) is 0 Å². The van der Waals surface area contributed by atoms with Gasteiger partial charge in [0, 0.05) is 30.5 Å². The van der Waals surface area contributed by atoms with E-state index in [1.54, 1.807) is 0 Å². The van der Waals surface area contributed by atoms with Crippen LogP contribution in [0.5, 0.6) is 5.75 Å². The van der Waals surface area contributed by atoms with Crippen LogP contribution in [0.2, 0.25) is 0 Å². The Morgan fingerprint density at radius 3 is 2.43 bits per heavy atom. The van der Waals surface area contributed by atoms with Gasteiger partial charge in [0.15, 0.2) is 0 Å². The fourth-order valence-electron chi connectivity index (χ4n) is 2.63. The van der Waals surface area contributed by atoms with Crippen molar-refractivity contribution in [3.63, 3.8) is 0 Å². The van der Waals surface area contributed by atoms with Crippen LogP contribution in [-0.4, -0.2) is 42.1 Å². The average Bonchev–Trinajstić information content (AvgIpc) is 2.67. The van der Waals surface area contributed by atoms with E-state index in [9.17, 15) is 0 Å². The molecule has 0 spiro atoms. The molecular formula is C22H27N5O. The number of likely N-dealkylation sites (N-methyl/N-ethyl adjacent to an activating group) is 1. The van der Waals surface area contributed by atoms with Crippen LogP contribution in [0.15, 0.2) is 60.7 Å². The summed E-state index contributed by atoms with van der Waals surface area (Å²) in [6.07, 6.45) is 0. The average molecular weight is 377 g/mol. The molecule has 0 atom stereocenters. The topological polar surface area (TPSA) is 62.3 Å². The molecule has 0 saturated carbocycles. The van der Waals surface area contributed by atoms with Crippen molar-refractivity contribution in [2.75, 3.05) is 37.8 Å². The van der Waals surface area contributed by atoms with E-state index in [-0.39, 0.29) is 0 Å². The molecule has 0 aliphatic carbocycles. The molecule has 0 saturated heterocycles. The van der Waals surface area contributed by atoms with Gasteiger partial charge in [0.1, 0.15) is 18.2 Å². The van der Waals surface area contributed by atoms with E-state index in [0.717, 1.165) is 41.6 Å². The number of benzene rings is 2. The van der Waals surface area contributed by atoms with Gasteiger partial charge in [-0.25, -0.2) is 4.98 Å². The molecule has 0 bridgehead atoms. The van der Waals surface area contributed by atoms with Crippen molar-refractivity contribution in [1.29, 1.82) is 0 Å². The first-order chi connectivity index (χ1) is 13.6. The Kier molecular flexibility index (Phi) is 6.81. The van der Waals surface area contributed by atoms with E-state index < -0.39 is 0 Å². The molecule has 28 heavy (non-hydrogen) atoms. The number of anilines is 3. The Labute approximate surface area is 166 Å².